The number of Topliss-reactive ketones (excluding diaryl/α,β-unsaturated/α-hetero) is 3. The Labute approximate surface area is 105 Å². The summed E-state index contributed by atoms with van der Waals surface area (Å²) in [5.41, 5.74) is 5.71. The zero-order chi connectivity index (χ0) is 13.7. The van der Waals surface area contributed by atoms with E-state index in [-0.39, 0.29) is 22.6 Å². The molecule has 0 amide bonds. The van der Waals surface area contributed by atoms with Crippen LogP contribution in [-0.2, 0) is 4.79 Å². The molecule has 1 atom stereocenters. The van der Waals surface area contributed by atoms with Crippen molar-refractivity contribution in [2.75, 3.05) is 5.73 Å². The highest BCUT2D eigenvalue weighted by molar-refractivity contribution is 6.37. The average Bonchev–Trinajstić information content (AvgIpc) is 2.51. The summed E-state index contributed by atoms with van der Waals surface area (Å²) in [6.07, 6.45) is 0. The van der Waals surface area contributed by atoms with Crippen molar-refractivity contribution in [3.8, 4) is 0 Å². The largest absolute Gasteiger partial charge is 0.398 e. The first kappa shape index (κ1) is 12.5. The van der Waals surface area contributed by atoms with Gasteiger partial charge in [0.2, 0.25) is 0 Å². The van der Waals surface area contributed by atoms with Crippen LogP contribution in [-0.4, -0.2) is 17.3 Å². The molecule has 2 N–H and O–H groups in total. The van der Waals surface area contributed by atoms with Crippen LogP contribution in [0.15, 0.2) is 18.2 Å². The normalized spacial score (nSPS) is 18.9. The maximum atomic E-state index is 12.2. The number of nitrogen functional groups attached to an aromatic ring is 1. The quantitative estimate of drug-likeness (QED) is 0.605. The van der Waals surface area contributed by atoms with E-state index in [1.807, 2.05) is 0 Å². The average molecular weight is 245 g/mol. The van der Waals surface area contributed by atoms with E-state index in [4.69, 9.17) is 5.73 Å². The molecule has 1 aliphatic rings. The highest BCUT2D eigenvalue weighted by Gasteiger charge is 2.47. The van der Waals surface area contributed by atoms with E-state index < -0.39 is 22.9 Å². The van der Waals surface area contributed by atoms with Crippen LogP contribution in [0.25, 0.3) is 0 Å². The van der Waals surface area contributed by atoms with Crippen molar-refractivity contribution in [3.05, 3.63) is 29.3 Å². The van der Waals surface area contributed by atoms with E-state index in [0.717, 1.165) is 0 Å². The number of rotatable bonds is 1. The minimum Gasteiger partial charge on any atom is -0.398 e. The lowest BCUT2D eigenvalue weighted by molar-refractivity contribution is -0.127. The summed E-state index contributed by atoms with van der Waals surface area (Å²) in [5, 5.41) is 0. The molecule has 4 heteroatoms. The molecule has 4 nitrogen and oxygen atoms in total. The number of nitrogens with two attached hydrogens (primary N) is 1. The molecule has 2 rings (SSSR count). The lowest BCUT2D eigenvalue weighted by Gasteiger charge is -2.19. The molecule has 1 aliphatic carbocycles. The van der Waals surface area contributed by atoms with Gasteiger partial charge in [-0.25, -0.2) is 0 Å². The predicted molar refractivity (Wildman–Crippen MR) is 67.5 cm³/mol. The predicted octanol–water partition coefficient (Wildman–Crippen LogP) is 1.88. The summed E-state index contributed by atoms with van der Waals surface area (Å²) in [7, 11) is 0. The minimum atomic E-state index is -1.22. The maximum Gasteiger partial charge on any atom is 0.183 e. The Morgan fingerprint density at radius 3 is 2.28 bits per heavy atom. The topological polar surface area (TPSA) is 77.2 Å². The van der Waals surface area contributed by atoms with Crippen LogP contribution < -0.4 is 5.73 Å². The van der Waals surface area contributed by atoms with Crippen LogP contribution in [0, 0.1) is 11.3 Å². The van der Waals surface area contributed by atoms with Crippen molar-refractivity contribution in [2.45, 2.75) is 20.8 Å². The second kappa shape index (κ2) is 3.77. The molecule has 0 radical (unpaired) electrons. The highest BCUT2D eigenvalue weighted by Crippen LogP contribution is 2.34. The van der Waals surface area contributed by atoms with Crippen molar-refractivity contribution in [3.63, 3.8) is 0 Å². The fourth-order valence-corrected chi connectivity index (χ4v) is 2.14. The van der Waals surface area contributed by atoms with Gasteiger partial charge in [0.15, 0.2) is 17.3 Å². The second-order valence-corrected chi connectivity index (χ2v) is 5.55. The van der Waals surface area contributed by atoms with Crippen molar-refractivity contribution < 1.29 is 14.4 Å². The van der Waals surface area contributed by atoms with E-state index in [2.05, 4.69) is 0 Å². The number of hydrogen-bond acceptors (Lipinski definition) is 4. The van der Waals surface area contributed by atoms with E-state index in [1.165, 1.54) is 0 Å². The molecular formula is C14H15NO3. The molecule has 1 aromatic carbocycles. The second-order valence-electron chi connectivity index (χ2n) is 5.55. The molecule has 0 spiro atoms. The molecule has 18 heavy (non-hydrogen) atoms. The summed E-state index contributed by atoms with van der Waals surface area (Å²) in [5.74, 6) is -2.46. The number of carbonyl (C=O) groups excluding carboxylic acids is 3. The zero-order valence-corrected chi connectivity index (χ0v) is 10.6. The van der Waals surface area contributed by atoms with Crippen LogP contribution in [0.3, 0.4) is 0 Å². The molecule has 1 unspecified atom stereocenters. The molecule has 0 aromatic heterocycles. The number of anilines is 1. The third-order valence-corrected chi connectivity index (χ3v) is 3.13. The molecular weight excluding hydrogens is 230 g/mol. The van der Waals surface area contributed by atoms with Gasteiger partial charge in [0.05, 0.1) is 5.56 Å². The Morgan fingerprint density at radius 1 is 1.17 bits per heavy atom. The van der Waals surface area contributed by atoms with Gasteiger partial charge in [-0.05, 0) is 6.07 Å². The standard InChI is InChI=1S/C14H15NO3/c1-14(2,3)13(18)10-11(16)7-5-4-6-8(15)9(7)12(10)17/h4-6,10H,15H2,1-3H3. The molecule has 94 valence electrons. The molecule has 0 saturated heterocycles. The van der Waals surface area contributed by atoms with Crippen LogP contribution in [0.5, 0.6) is 0 Å². The van der Waals surface area contributed by atoms with Crippen molar-refractivity contribution in [2.24, 2.45) is 11.3 Å². The van der Waals surface area contributed by atoms with Gasteiger partial charge in [-0.2, -0.15) is 0 Å². The number of hydrogen-bond donors (Lipinski definition) is 1. The van der Waals surface area contributed by atoms with Gasteiger partial charge in [0, 0.05) is 16.7 Å². The fourth-order valence-electron chi connectivity index (χ4n) is 2.14. The van der Waals surface area contributed by atoms with Gasteiger partial charge in [0.1, 0.15) is 5.92 Å². The first-order chi connectivity index (χ1) is 8.25. The van der Waals surface area contributed by atoms with E-state index in [9.17, 15) is 14.4 Å². The fraction of sp³-hybridized carbons (Fsp3) is 0.357. The van der Waals surface area contributed by atoms with E-state index in [1.54, 1.807) is 39.0 Å². The third-order valence-electron chi connectivity index (χ3n) is 3.13. The van der Waals surface area contributed by atoms with Gasteiger partial charge >= 0.3 is 0 Å². The van der Waals surface area contributed by atoms with Crippen LogP contribution in [0.1, 0.15) is 41.5 Å². The van der Waals surface area contributed by atoms with Gasteiger partial charge in [-0.1, -0.05) is 32.9 Å². The minimum absolute atomic E-state index is 0.199. The third kappa shape index (κ3) is 1.65. The number of carbonyl (C=O) groups is 3. The monoisotopic (exact) mass is 245 g/mol. The number of ketones is 3. The molecule has 1 aromatic rings. The summed E-state index contributed by atoms with van der Waals surface area (Å²) in [4.78, 5) is 36.5. The van der Waals surface area contributed by atoms with Gasteiger partial charge < -0.3 is 5.73 Å². The SMILES string of the molecule is CC(C)(C)C(=O)C1C(=O)c2cccc(N)c2C1=O. The zero-order valence-electron chi connectivity index (χ0n) is 10.6. The van der Waals surface area contributed by atoms with E-state index in [0.29, 0.717) is 0 Å². The van der Waals surface area contributed by atoms with Gasteiger partial charge in [0.25, 0.3) is 0 Å². The van der Waals surface area contributed by atoms with Crippen LogP contribution >= 0.6 is 0 Å². The maximum absolute atomic E-state index is 12.2. The lowest BCUT2D eigenvalue weighted by Crippen LogP contribution is -2.34. The molecule has 0 aliphatic heterocycles. The first-order valence-corrected chi connectivity index (χ1v) is 5.76. The van der Waals surface area contributed by atoms with Gasteiger partial charge in [-0.15, -0.1) is 0 Å². The summed E-state index contributed by atoms with van der Waals surface area (Å²) >= 11 is 0. The Kier molecular flexibility index (Phi) is 2.61. The van der Waals surface area contributed by atoms with Crippen molar-refractivity contribution in [1.29, 1.82) is 0 Å². The van der Waals surface area contributed by atoms with Gasteiger partial charge in [-0.3, -0.25) is 14.4 Å². The van der Waals surface area contributed by atoms with E-state index >= 15 is 0 Å². The Balaban J connectivity index is 2.54. The number of benzene rings is 1. The number of fused-ring (bicyclic) bond motifs is 1. The Bertz CT molecular complexity index is 567. The summed E-state index contributed by atoms with van der Waals surface area (Å²) < 4.78 is 0. The Morgan fingerprint density at radius 2 is 1.78 bits per heavy atom. The van der Waals surface area contributed by atoms with Crippen LogP contribution in [0.2, 0.25) is 0 Å². The molecule has 0 bridgehead atoms. The summed E-state index contributed by atoms with van der Waals surface area (Å²) in [6.45, 7) is 5.09. The smallest absolute Gasteiger partial charge is 0.183 e. The molecule has 0 saturated carbocycles. The van der Waals surface area contributed by atoms with Crippen molar-refractivity contribution >= 4 is 23.0 Å². The van der Waals surface area contributed by atoms with Crippen molar-refractivity contribution in [1.82, 2.24) is 0 Å². The molecule has 0 heterocycles. The van der Waals surface area contributed by atoms with Crippen LogP contribution in [0.4, 0.5) is 5.69 Å². The molecule has 0 fully saturated rings. The lowest BCUT2D eigenvalue weighted by atomic mass is 9.81. The summed E-state index contributed by atoms with van der Waals surface area (Å²) in [6, 6.07) is 4.72. The first-order valence-electron chi connectivity index (χ1n) is 5.76. The Hall–Kier alpha value is -1.97. The highest BCUT2D eigenvalue weighted by atomic mass is 16.2.